The van der Waals surface area contributed by atoms with E-state index in [4.69, 9.17) is 0 Å². The fraction of sp³-hybridized carbons (Fsp3) is 0.444. The molecule has 0 atom stereocenters. The van der Waals surface area contributed by atoms with Crippen molar-refractivity contribution in [2.24, 2.45) is 5.92 Å². The predicted molar refractivity (Wildman–Crippen MR) is 92.8 cm³/mol. The number of rotatable bonds is 6. The molecule has 1 aromatic heterocycles. The van der Waals surface area contributed by atoms with E-state index >= 15 is 0 Å². The van der Waals surface area contributed by atoms with Crippen LogP contribution in [-0.4, -0.2) is 21.1 Å². The molecule has 118 valence electrons. The van der Waals surface area contributed by atoms with Crippen LogP contribution in [0.25, 0.3) is 0 Å². The number of hydrogen-bond donors (Lipinski definition) is 0. The minimum absolute atomic E-state index is 0.164. The Bertz CT molecular complexity index is 674. The van der Waals surface area contributed by atoms with E-state index in [0.717, 1.165) is 28.5 Å². The summed E-state index contributed by atoms with van der Waals surface area (Å²) in [5, 5.41) is 0.950. The zero-order valence-corrected chi connectivity index (χ0v) is 14.8. The highest BCUT2D eigenvalue weighted by atomic mass is 32.2. The lowest BCUT2D eigenvalue weighted by Gasteiger charge is -2.12. The van der Waals surface area contributed by atoms with E-state index < -0.39 is 0 Å². The molecule has 0 fully saturated rings. The molecule has 0 saturated heterocycles. The first kappa shape index (κ1) is 16.8. The second-order valence-electron chi connectivity index (χ2n) is 6.10. The van der Waals surface area contributed by atoms with Gasteiger partial charge in [0.25, 0.3) is 0 Å². The number of Topliss-reactive ketones (excluding diaryl/α,β-unsaturated/α-hetero) is 1. The van der Waals surface area contributed by atoms with Crippen molar-refractivity contribution in [2.75, 3.05) is 5.75 Å². The first-order valence-electron chi connectivity index (χ1n) is 7.65. The fourth-order valence-corrected chi connectivity index (χ4v) is 3.39. The van der Waals surface area contributed by atoms with Crippen LogP contribution in [0.15, 0.2) is 29.4 Å². The molecule has 0 aliphatic heterocycles. The van der Waals surface area contributed by atoms with Gasteiger partial charge in [0.15, 0.2) is 10.9 Å². The Hall–Kier alpha value is -1.55. The first-order chi connectivity index (χ1) is 10.4. The van der Waals surface area contributed by atoms with E-state index in [-0.39, 0.29) is 5.78 Å². The standard InChI is InChI=1S/C18H24N2OS/c1-12(2)10-20-15(5)14(4)19-18(20)22-11-17(21)16-9-7-6-8-13(16)3/h6-9,12H,10-11H2,1-5H3. The molecule has 2 aromatic rings. The molecule has 0 spiro atoms. The molecule has 0 N–H and O–H groups in total. The van der Waals surface area contributed by atoms with E-state index in [1.807, 2.05) is 38.1 Å². The van der Waals surface area contributed by atoms with Gasteiger partial charge >= 0.3 is 0 Å². The highest BCUT2D eigenvalue weighted by molar-refractivity contribution is 7.99. The molecule has 0 aliphatic carbocycles. The van der Waals surface area contributed by atoms with E-state index in [2.05, 4.69) is 30.3 Å². The number of hydrogen-bond acceptors (Lipinski definition) is 3. The summed E-state index contributed by atoms with van der Waals surface area (Å²) in [5.41, 5.74) is 4.09. The number of carbonyl (C=O) groups excluding carboxylic acids is 1. The van der Waals surface area contributed by atoms with Crippen LogP contribution in [0.3, 0.4) is 0 Å². The maximum atomic E-state index is 12.4. The van der Waals surface area contributed by atoms with E-state index in [1.165, 1.54) is 17.5 Å². The molecule has 2 rings (SSSR count). The van der Waals surface area contributed by atoms with Crippen LogP contribution in [0, 0.1) is 26.7 Å². The minimum atomic E-state index is 0.164. The number of aryl methyl sites for hydroxylation is 2. The molecule has 0 saturated carbocycles. The van der Waals surface area contributed by atoms with Crippen molar-refractivity contribution in [2.45, 2.75) is 46.3 Å². The molecule has 0 radical (unpaired) electrons. The summed E-state index contributed by atoms with van der Waals surface area (Å²) in [5.74, 6) is 1.15. The Morgan fingerprint density at radius 1 is 1.23 bits per heavy atom. The van der Waals surface area contributed by atoms with Gasteiger partial charge in [-0.1, -0.05) is 49.9 Å². The van der Waals surface area contributed by atoms with Crippen molar-refractivity contribution < 1.29 is 4.79 Å². The topological polar surface area (TPSA) is 34.9 Å². The van der Waals surface area contributed by atoms with Gasteiger partial charge in [-0.3, -0.25) is 4.79 Å². The van der Waals surface area contributed by atoms with Crippen LogP contribution < -0.4 is 0 Å². The summed E-state index contributed by atoms with van der Waals surface area (Å²) in [6.45, 7) is 11.4. The molecule has 22 heavy (non-hydrogen) atoms. The number of imidazole rings is 1. The lowest BCUT2D eigenvalue weighted by atomic mass is 10.1. The third-order valence-electron chi connectivity index (χ3n) is 3.75. The minimum Gasteiger partial charge on any atom is -0.323 e. The SMILES string of the molecule is Cc1ccccc1C(=O)CSc1nc(C)c(C)n1CC(C)C. The Morgan fingerprint density at radius 3 is 2.55 bits per heavy atom. The molecule has 1 heterocycles. The van der Waals surface area contributed by atoms with Crippen molar-refractivity contribution in [1.82, 2.24) is 9.55 Å². The molecular formula is C18H24N2OS. The highest BCUT2D eigenvalue weighted by Crippen LogP contribution is 2.23. The van der Waals surface area contributed by atoms with Crippen LogP contribution >= 0.6 is 11.8 Å². The zero-order chi connectivity index (χ0) is 16.3. The van der Waals surface area contributed by atoms with Gasteiger partial charge in [0.1, 0.15) is 0 Å². The summed E-state index contributed by atoms with van der Waals surface area (Å²) in [6, 6.07) is 7.75. The molecule has 3 nitrogen and oxygen atoms in total. The maximum absolute atomic E-state index is 12.4. The number of thioether (sulfide) groups is 1. The van der Waals surface area contributed by atoms with Crippen LogP contribution in [0.2, 0.25) is 0 Å². The summed E-state index contributed by atoms with van der Waals surface area (Å²) in [7, 11) is 0. The third kappa shape index (κ3) is 3.80. The summed E-state index contributed by atoms with van der Waals surface area (Å²) < 4.78 is 2.23. The monoisotopic (exact) mass is 316 g/mol. The number of nitrogens with zero attached hydrogens (tertiary/aromatic N) is 2. The number of ketones is 1. The molecule has 0 bridgehead atoms. The zero-order valence-electron chi connectivity index (χ0n) is 14.0. The molecule has 1 aromatic carbocycles. The van der Waals surface area contributed by atoms with Crippen LogP contribution in [0.4, 0.5) is 0 Å². The molecule has 0 unspecified atom stereocenters. The Kier molecular flexibility index (Phi) is 5.46. The average Bonchev–Trinajstić information content (AvgIpc) is 2.72. The van der Waals surface area contributed by atoms with Crippen LogP contribution in [-0.2, 0) is 6.54 Å². The smallest absolute Gasteiger partial charge is 0.173 e. The van der Waals surface area contributed by atoms with Gasteiger partial charge in [0, 0.05) is 17.8 Å². The molecular weight excluding hydrogens is 292 g/mol. The van der Waals surface area contributed by atoms with Gasteiger partial charge in [-0.05, 0) is 32.3 Å². The van der Waals surface area contributed by atoms with E-state index in [0.29, 0.717) is 11.7 Å². The van der Waals surface area contributed by atoms with Gasteiger partial charge in [-0.2, -0.15) is 0 Å². The number of carbonyl (C=O) groups is 1. The largest absolute Gasteiger partial charge is 0.323 e. The van der Waals surface area contributed by atoms with Gasteiger partial charge in [0.2, 0.25) is 0 Å². The van der Waals surface area contributed by atoms with Crippen molar-refractivity contribution >= 4 is 17.5 Å². The predicted octanol–water partition coefficient (Wildman–Crippen LogP) is 4.44. The highest BCUT2D eigenvalue weighted by Gasteiger charge is 2.15. The molecule has 0 aliphatic rings. The summed E-state index contributed by atoms with van der Waals surface area (Å²) in [4.78, 5) is 17.0. The fourth-order valence-electron chi connectivity index (χ4n) is 2.41. The lowest BCUT2D eigenvalue weighted by Crippen LogP contribution is -2.10. The van der Waals surface area contributed by atoms with Gasteiger partial charge in [0.05, 0.1) is 11.4 Å². The quantitative estimate of drug-likeness (QED) is 0.584. The van der Waals surface area contributed by atoms with E-state index in [1.54, 1.807) is 0 Å². The van der Waals surface area contributed by atoms with Gasteiger partial charge < -0.3 is 4.57 Å². The normalized spacial score (nSPS) is 11.2. The van der Waals surface area contributed by atoms with Gasteiger partial charge in [-0.15, -0.1) is 0 Å². The summed E-state index contributed by atoms with van der Waals surface area (Å²) in [6.07, 6.45) is 0. The van der Waals surface area contributed by atoms with Crippen molar-refractivity contribution in [3.8, 4) is 0 Å². The Labute approximate surface area is 137 Å². The number of benzene rings is 1. The second kappa shape index (κ2) is 7.14. The van der Waals surface area contributed by atoms with Crippen molar-refractivity contribution in [3.05, 3.63) is 46.8 Å². The number of aromatic nitrogens is 2. The second-order valence-corrected chi connectivity index (χ2v) is 7.04. The Balaban J connectivity index is 2.13. The van der Waals surface area contributed by atoms with Crippen LogP contribution in [0.5, 0.6) is 0 Å². The summed E-state index contributed by atoms with van der Waals surface area (Å²) >= 11 is 1.54. The van der Waals surface area contributed by atoms with Crippen LogP contribution in [0.1, 0.15) is 41.2 Å². The molecule has 4 heteroatoms. The Morgan fingerprint density at radius 2 is 1.91 bits per heavy atom. The maximum Gasteiger partial charge on any atom is 0.173 e. The lowest BCUT2D eigenvalue weighted by molar-refractivity contribution is 0.102. The molecule has 0 amide bonds. The third-order valence-corrected chi connectivity index (χ3v) is 4.72. The van der Waals surface area contributed by atoms with E-state index in [9.17, 15) is 4.79 Å². The van der Waals surface area contributed by atoms with Gasteiger partial charge in [-0.25, -0.2) is 4.98 Å². The first-order valence-corrected chi connectivity index (χ1v) is 8.64. The van der Waals surface area contributed by atoms with Crippen molar-refractivity contribution in [3.63, 3.8) is 0 Å². The van der Waals surface area contributed by atoms with Crippen molar-refractivity contribution in [1.29, 1.82) is 0 Å². The average molecular weight is 316 g/mol.